The molecule has 0 bridgehead atoms. The number of ether oxygens (including phenoxy) is 2. The molecule has 0 fully saturated rings. The first-order valence-corrected chi connectivity index (χ1v) is 8.96. The average Bonchev–Trinajstić information content (AvgIpc) is 2.66. The van der Waals surface area contributed by atoms with E-state index in [9.17, 15) is 9.90 Å². The van der Waals surface area contributed by atoms with Gasteiger partial charge in [-0.05, 0) is 48.2 Å². The van der Waals surface area contributed by atoms with E-state index < -0.39 is 0 Å². The Balaban J connectivity index is 2.56. The van der Waals surface area contributed by atoms with Gasteiger partial charge in [0.2, 0.25) is 0 Å². The Bertz CT molecular complexity index is 805. The van der Waals surface area contributed by atoms with Crippen molar-refractivity contribution in [1.82, 2.24) is 0 Å². The lowest BCUT2D eigenvalue weighted by Crippen LogP contribution is -2.13. The highest BCUT2D eigenvalue weighted by atomic mass is 16.5. The number of hydrogen-bond donors (Lipinski definition) is 3. The predicted molar refractivity (Wildman–Crippen MR) is 107 cm³/mol. The molecular weight excluding hydrogens is 344 g/mol. The van der Waals surface area contributed by atoms with E-state index in [1.165, 1.54) is 0 Å². The van der Waals surface area contributed by atoms with E-state index in [-0.39, 0.29) is 24.9 Å². The number of anilines is 2. The number of aryl methyl sites for hydroxylation is 1. The van der Waals surface area contributed by atoms with Gasteiger partial charge in [0.1, 0.15) is 5.75 Å². The summed E-state index contributed by atoms with van der Waals surface area (Å²) in [5.41, 5.74) is 11.0. The Labute approximate surface area is 160 Å². The lowest BCUT2D eigenvalue weighted by Gasteiger charge is -2.21. The second-order valence-corrected chi connectivity index (χ2v) is 6.34. The van der Waals surface area contributed by atoms with Gasteiger partial charge in [-0.15, -0.1) is 0 Å². The van der Waals surface area contributed by atoms with E-state index in [0.29, 0.717) is 23.7 Å². The molecule has 0 saturated heterocycles. The highest BCUT2D eigenvalue weighted by molar-refractivity contribution is 5.76. The summed E-state index contributed by atoms with van der Waals surface area (Å²) in [5.74, 6) is 0.0526. The number of rotatable bonds is 8. The van der Waals surface area contributed by atoms with Crippen LogP contribution in [-0.2, 0) is 16.1 Å². The van der Waals surface area contributed by atoms with Crippen molar-refractivity contribution in [3.8, 4) is 5.75 Å². The van der Waals surface area contributed by atoms with E-state index in [2.05, 4.69) is 5.32 Å². The first kappa shape index (κ1) is 20.6. The molecule has 6 heteroatoms. The van der Waals surface area contributed by atoms with Crippen molar-refractivity contribution in [2.75, 3.05) is 31.8 Å². The number of nitrogens with two attached hydrogens (primary N) is 1. The van der Waals surface area contributed by atoms with Gasteiger partial charge >= 0.3 is 5.97 Å². The monoisotopic (exact) mass is 372 g/mol. The summed E-state index contributed by atoms with van der Waals surface area (Å²) < 4.78 is 10.6. The zero-order chi connectivity index (χ0) is 20.0. The minimum atomic E-state index is -0.288. The fraction of sp³-hybridized carbons (Fsp3) is 0.381. The third-order valence-electron chi connectivity index (χ3n) is 4.65. The number of esters is 1. The molecule has 0 spiro atoms. The molecule has 0 aromatic heterocycles. The van der Waals surface area contributed by atoms with E-state index in [0.717, 1.165) is 22.3 Å². The highest BCUT2D eigenvalue weighted by Gasteiger charge is 2.22. The molecule has 2 aromatic rings. The van der Waals surface area contributed by atoms with Gasteiger partial charge in [-0.3, -0.25) is 4.79 Å². The number of carbonyl (C=O) groups is 1. The van der Waals surface area contributed by atoms with E-state index in [1.807, 2.05) is 37.3 Å². The number of hydrogen-bond acceptors (Lipinski definition) is 6. The maximum Gasteiger partial charge on any atom is 0.306 e. The Morgan fingerprint density at radius 3 is 2.59 bits per heavy atom. The van der Waals surface area contributed by atoms with Crippen LogP contribution >= 0.6 is 0 Å². The van der Waals surface area contributed by atoms with E-state index >= 15 is 0 Å². The van der Waals surface area contributed by atoms with Crippen LogP contribution in [0.25, 0.3) is 0 Å². The number of nitrogen functional groups attached to an aromatic ring is 1. The third-order valence-corrected chi connectivity index (χ3v) is 4.65. The molecule has 2 aromatic carbocycles. The second kappa shape index (κ2) is 9.28. The van der Waals surface area contributed by atoms with Gasteiger partial charge in [0.05, 0.1) is 38.1 Å². The van der Waals surface area contributed by atoms with Crippen LogP contribution < -0.4 is 15.8 Å². The fourth-order valence-electron chi connectivity index (χ4n) is 3.18. The Hall–Kier alpha value is -2.73. The van der Waals surface area contributed by atoms with Crippen LogP contribution in [0.2, 0.25) is 0 Å². The summed E-state index contributed by atoms with van der Waals surface area (Å²) in [6, 6.07) is 9.56. The molecule has 0 amide bonds. The Morgan fingerprint density at radius 2 is 2.00 bits per heavy atom. The SMILES string of the molecule is CCOC(=O)CC(c1ccc(C)c(CO)c1)c1cc(N)c(NC)c(OC)c1. The van der Waals surface area contributed by atoms with Crippen molar-refractivity contribution in [3.05, 3.63) is 52.6 Å². The molecule has 0 radical (unpaired) electrons. The van der Waals surface area contributed by atoms with Crippen LogP contribution in [0.15, 0.2) is 30.3 Å². The van der Waals surface area contributed by atoms with Gasteiger partial charge in [-0.2, -0.15) is 0 Å². The van der Waals surface area contributed by atoms with Gasteiger partial charge in [-0.1, -0.05) is 18.2 Å². The first-order valence-electron chi connectivity index (χ1n) is 8.96. The third kappa shape index (κ3) is 4.71. The number of aliphatic hydroxyl groups is 1. The van der Waals surface area contributed by atoms with Gasteiger partial charge < -0.3 is 25.6 Å². The van der Waals surface area contributed by atoms with Crippen LogP contribution in [0.4, 0.5) is 11.4 Å². The van der Waals surface area contributed by atoms with Crippen LogP contribution in [0.3, 0.4) is 0 Å². The lowest BCUT2D eigenvalue weighted by molar-refractivity contribution is -0.143. The summed E-state index contributed by atoms with van der Waals surface area (Å²) in [6.07, 6.45) is 0.170. The van der Waals surface area contributed by atoms with Gasteiger partial charge in [-0.25, -0.2) is 0 Å². The van der Waals surface area contributed by atoms with Crippen molar-refractivity contribution in [3.63, 3.8) is 0 Å². The van der Waals surface area contributed by atoms with E-state index in [4.69, 9.17) is 15.2 Å². The molecule has 6 nitrogen and oxygen atoms in total. The first-order chi connectivity index (χ1) is 12.9. The maximum absolute atomic E-state index is 12.2. The van der Waals surface area contributed by atoms with Crippen LogP contribution in [0, 0.1) is 6.92 Å². The average molecular weight is 372 g/mol. The molecule has 2 rings (SSSR count). The number of aliphatic hydroxyl groups excluding tert-OH is 1. The maximum atomic E-state index is 12.2. The summed E-state index contributed by atoms with van der Waals surface area (Å²) in [5, 5.41) is 12.6. The molecule has 4 N–H and O–H groups in total. The molecule has 0 saturated carbocycles. The van der Waals surface area contributed by atoms with Gasteiger partial charge in [0.15, 0.2) is 0 Å². The number of nitrogens with one attached hydrogen (secondary N) is 1. The minimum Gasteiger partial charge on any atom is -0.494 e. The van der Waals surface area contributed by atoms with Gasteiger partial charge in [0, 0.05) is 13.0 Å². The molecular formula is C21H28N2O4. The lowest BCUT2D eigenvalue weighted by atomic mass is 9.86. The van der Waals surface area contributed by atoms with Crippen molar-refractivity contribution in [1.29, 1.82) is 0 Å². The van der Waals surface area contributed by atoms with Crippen LogP contribution in [0.1, 0.15) is 41.5 Å². The standard InChI is InChI=1S/C21H28N2O4/c1-5-27-20(25)11-17(14-7-6-13(2)16(8-14)12-24)15-9-18(22)21(23-3)19(10-15)26-4/h6-10,17,23-24H,5,11-12,22H2,1-4H3. The minimum absolute atomic E-state index is 0.0596. The zero-order valence-corrected chi connectivity index (χ0v) is 16.3. The normalized spacial score (nSPS) is 11.7. The van der Waals surface area contributed by atoms with Crippen LogP contribution in [0.5, 0.6) is 5.75 Å². The van der Waals surface area contributed by atoms with E-state index in [1.54, 1.807) is 21.1 Å². The fourth-order valence-corrected chi connectivity index (χ4v) is 3.18. The molecule has 146 valence electrons. The number of benzene rings is 2. The largest absolute Gasteiger partial charge is 0.494 e. The molecule has 1 unspecified atom stereocenters. The summed E-state index contributed by atoms with van der Waals surface area (Å²) in [4.78, 5) is 12.2. The zero-order valence-electron chi connectivity index (χ0n) is 16.3. The van der Waals surface area contributed by atoms with Crippen molar-refractivity contribution in [2.24, 2.45) is 0 Å². The summed E-state index contributed by atoms with van der Waals surface area (Å²) in [7, 11) is 3.35. The summed E-state index contributed by atoms with van der Waals surface area (Å²) in [6.45, 7) is 3.99. The smallest absolute Gasteiger partial charge is 0.306 e. The molecule has 27 heavy (non-hydrogen) atoms. The summed E-state index contributed by atoms with van der Waals surface area (Å²) >= 11 is 0. The predicted octanol–water partition coefficient (Wildman–Crippen LogP) is 3.20. The Kier molecular flexibility index (Phi) is 7.07. The number of methoxy groups -OCH3 is 1. The Morgan fingerprint density at radius 1 is 1.26 bits per heavy atom. The topological polar surface area (TPSA) is 93.8 Å². The molecule has 0 aliphatic heterocycles. The molecule has 0 heterocycles. The number of carbonyl (C=O) groups excluding carboxylic acids is 1. The second-order valence-electron chi connectivity index (χ2n) is 6.34. The van der Waals surface area contributed by atoms with Crippen molar-refractivity contribution >= 4 is 17.3 Å². The van der Waals surface area contributed by atoms with Crippen LogP contribution in [-0.4, -0.2) is 31.8 Å². The molecule has 0 aliphatic rings. The molecule has 0 aliphatic carbocycles. The highest BCUT2D eigenvalue weighted by Crippen LogP contribution is 2.38. The molecule has 1 atom stereocenters. The van der Waals surface area contributed by atoms with Gasteiger partial charge in [0.25, 0.3) is 0 Å². The van der Waals surface area contributed by atoms with Crippen molar-refractivity contribution in [2.45, 2.75) is 32.8 Å². The van der Waals surface area contributed by atoms with Crippen molar-refractivity contribution < 1.29 is 19.4 Å². The quantitative estimate of drug-likeness (QED) is 0.487.